The Hall–Kier alpha value is -1.87. The van der Waals surface area contributed by atoms with Crippen molar-refractivity contribution < 1.29 is 4.79 Å². The third kappa shape index (κ3) is 2.10. The number of aromatic nitrogens is 1. The van der Waals surface area contributed by atoms with E-state index in [1.165, 1.54) is 0 Å². The Labute approximate surface area is 119 Å². The molecule has 3 heteroatoms. The molecule has 0 spiro atoms. The Morgan fingerprint density at radius 2 is 1.84 bits per heavy atom. The van der Waals surface area contributed by atoms with Crippen LogP contribution in [-0.4, -0.2) is 10.8 Å². The van der Waals surface area contributed by atoms with Gasteiger partial charge in [-0.1, -0.05) is 28.1 Å². The van der Waals surface area contributed by atoms with Gasteiger partial charge in [0.05, 0.1) is 0 Å². The van der Waals surface area contributed by atoms with Crippen molar-refractivity contribution in [2.45, 2.75) is 6.92 Å². The third-order valence-corrected chi connectivity index (χ3v) is 3.79. The summed E-state index contributed by atoms with van der Waals surface area (Å²) in [6, 6.07) is 13.4. The molecule has 3 rings (SSSR count). The van der Waals surface area contributed by atoms with Crippen molar-refractivity contribution in [3.63, 3.8) is 0 Å². The van der Waals surface area contributed by atoms with E-state index in [9.17, 15) is 4.79 Å². The van der Waals surface area contributed by atoms with Gasteiger partial charge in [-0.25, -0.2) is 0 Å². The second-order valence-corrected chi connectivity index (χ2v) is 5.45. The van der Waals surface area contributed by atoms with Gasteiger partial charge in [0.2, 0.25) is 0 Å². The lowest BCUT2D eigenvalue weighted by Crippen LogP contribution is -2.00. The molecular formula is C16H12BrNO. The van der Waals surface area contributed by atoms with Crippen LogP contribution in [0.1, 0.15) is 21.5 Å². The van der Waals surface area contributed by atoms with E-state index in [0.29, 0.717) is 5.56 Å². The Morgan fingerprint density at radius 3 is 2.58 bits per heavy atom. The fourth-order valence-electron chi connectivity index (χ4n) is 2.30. The van der Waals surface area contributed by atoms with Gasteiger partial charge in [-0.05, 0) is 42.8 Å². The molecule has 0 radical (unpaired) electrons. The van der Waals surface area contributed by atoms with Crippen molar-refractivity contribution >= 4 is 32.6 Å². The number of benzene rings is 2. The molecular weight excluding hydrogens is 302 g/mol. The summed E-state index contributed by atoms with van der Waals surface area (Å²) in [4.78, 5) is 15.7. The molecule has 94 valence electrons. The predicted octanol–water partition coefficient (Wildman–Crippen LogP) is 4.47. The quantitative estimate of drug-likeness (QED) is 0.696. The van der Waals surface area contributed by atoms with Crippen LogP contribution >= 0.6 is 15.9 Å². The highest BCUT2D eigenvalue weighted by atomic mass is 79.9. The molecule has 0 bridgehead atoms. The number of aryl methyl sites for hydroxylation is 1. The average Bonchev–Trinajstić information content (AvgIpc) is 2.84. The molecule has 0 aliphatic rings. The molecule has 0 aliphatic heterocycles. The Morgan fingerprint density at radius 1 is 1.11 bits per heavy atom. The van der Waals surface area contributed by atoms with E-state index in [1.807, 2.05) is 49.4 Å². The lowest BCUT2D eigenvalue weighted by Gasteiger charge is -2.02. The molecule has 1 N–H and O–H groups in total. The summed E-state index contributed by atoms with van der Waals surface area (Å²) < 4.78 is 0.971. The standard InChI is InChI=1S/C16H12BrNO/c1-10-3-2-4-14-15(10)13(9-18-14)16(19)11-5-7-12(17)8-6-11/h2-9,18H,1H3. The molecule has 1 aromatic heterocycles. The minimum Gasteiger partial charge on any atom is -0.360 e. The summed E-state index contributed by atoms with van der Waals surface area (Å²) in [6.45, 7) is 2.02. The number of ketones is 1. The van der Waals surface area contributed by atoms with E-state index in [2.05, 4.69) is 20.9 Å². The summed E-state index contributed by atoms with van der Waals surface area (Å²) in [5, 5.41) is 1.01. The highest BCUT2D eigenvalue weighted by molar-refractivity contribution is 9.10. The number of aromatic amines is 1. The van der Waals surface area contributed by atoms with Gasteiger partial charge < -0.3 is 4.98 Å². The zero-order valence-corrected chi connectivity index (χ0v) is 12.0. The second kappa shape index (κ2) is 4.67. The smallest absolute Gasteiger partial charge is 0.195 e. The van der Waals surface area contributed by atoms with Crippen LogP contribution in [0.4, 0.5) is 0 Å². The molecule has 3 aromatic rings. The monoisotopic (exact) mass is 313 g/mol. The first kappa shape index (κ1) is 12.2. The van der Waals surface area contributed by atoms with Gasteiger partial charge in [0.15, 0.2) is 5.78 Å². The van der Waals surface area contributed by atoms with Gasteiger partial charge in [-0.2, -0.15) is 0 Å². The van der Waals surface area contributed by atoms with Crippen LogP contribution in [0.15, 0.2) is 53.1 Å². The number of carbonyl (C=O) groups excluding carboxylic acids is 1. The number of fused-ring (bicyclic) bond motifs is 1. The molecule has 0 fully saturated rings. The predicted molar refractivity (Wildman–Crippen MR) is 80.6 cm³/mol. The van der Waals surface area contributed by atoms with Crippen LogP contribution in [0.2, 0.25) is 0 Å². The lowest BCUT2D eigenvalue weighted by atomic mass is 10.0. The Balaban J connectivity index is 2.14. The highest BCUT2D eigenvalue weighted by Gasteiger charge is 2.15. The summed E-state index contributed by atoms with van der Waals surface area (Å²) in [7, 11) is 0. The summed E-state index contributed by atoms with van der Waals surface area (Å²) >= 11 is 3.38. The van der Waals surface area contributed by atoms with Crippen LogP contribution in [0.5, 0.6) is 0 Å². The molecule has 2 nitrogen and oxygen atoms in total. The van der Waals surface area contributed by atoms with Crippen molar-refractivity contribution in [2.24, 2.45) is 0 Å². The maximum atomic E-state index is 12.5. The first-order valence-electron chi connectivity index (χ1n) is 6.04. The van der Waals surface area contributed by atoms with Crippen molar-refractivity contribution in [2.75, 3.05) is 0 Å². The first-order valence-corrected chi connectivity index (χ1v) is 6.83. The number of nitrogens with one attached hydrogen (secondary N) is 1. The Kier molecular flexibility index (Phi) is 2.99. The average molecular weight is 314 g/mol. The minimum absolute atomic E-state index is 0.0491. The molecule has 1 heterocycles. The molecule has 0 unspecified atom stereocenters. The first-order chi connectivity index (χ1) is 9.16. The maximum absolute atomic E-state index is 12.5. The van der Waals surface area contributed by atoms with Crippen molar-refractivity contribution in [1.82, 2.24) is 4.98 Å². The van der Waals surface area contributed by atoms with E-state index in [1.54, 1.807) is 6.20 Å². The van der Waals surface area contributed by atoms with Gasteiger partial charge >= 0.3 is 0 Å². The van der Waals surface area contributed by atoms with Gasteiger partial charge in [-0.15, -0.1) is 0 Å². The molecule has 19 heavy (non-hydrogen) atoms. The fraction of sp³-hybridized carbons (Fsp3) is 0.0625. The molecule has 0 saturated heterocycles. The zero-order valence-electron chi connectivity index (χ0n) is 10.4. The Bertz CT molecular complexity index is 756. The SMILES string of the molecule is Cc1cccc2[nH]cc(C(=O)c3ccc(Br)cc3)c12. The maximum Gasteiger partial charge on any atom is 0.195 e. The lowest BCUT2D eigenvalue weighted by molar-refractivity contribution is 0.104. The van der Waals surface area contributed by atoms with E-state index >= 15 is 0 Å². The van der Waals surface area contributed by atoms with Crippen LogP contribution in [0.3, 0.4) is 0 Å². The van der Waals surface area contributed by atoms with E-state index in [0.717, 1.165) is 26.5 Å². The molecule has 0 saturated carbocycles. The highest BCUT2D eigenvalue weighted by Crippen LogP contribution is 2.24. The minimum atomic E-state index is 0.0491. The normalized spacial score (nSPS) is 10.8. The summed E-state index contributed by atoms with van der Waals surface area (Å²) in [5.74, 6) is 0.0491. The van der Waals surface area contributed by atoms with E-state index < -0.39 is 0 Å². The van der Waals surface area contributed by atoms with Crippen molar-refractivity contribution in [1.29, 1.82) is 0 Å². The number of carbonyl (C=O) groups is 1. The van der Waals surface area contributed by atoms with Crippen molar-refractivity contribution in [3.8, 4) is 0 Å². The second-order valence-electron chi connectivity index (χ2n) is 4.54. The van der Waals surface area contributed by atoms with Crippen LogP contribution in [0, 0.1) is 6.92 Å². The van der Waals surface area contributed by atoms with E-state index in [4.69, 9.17) is 0 Å². The number of H-pyrrole nitrogens is 1. The third-order valence-electron chi connectivity index (χ3n) is 3.27. The molecule has 0 atom stereocenters. The zero-order chi connectivity index (χ0) is 13.4. The van der Waals surface area contributed by atoms with Crippen LogP contribution in [-0.2, 0) is 0 Å². The van der Waals surface area contributed by atoms with Gasteiger partial charge in [0, 0.05) is 32.7 Å². The summed E-state index contributed by atoms with van der Waals surface area (Å²) in [6.07, 6.45) is 1.79. The topological polar surface area (TPSA) is 32.9 Å². The van der Waals surface area contributed by atoms with Crippen LogP contribution in [0.25, 0.3) is 10.9 Å². The van der Waals surface area contributed by atoms with Gasteiger partial charge in [0.25, 0.3) is 0 Å². The van der Waals surface area contributed by atoms with Crippen LogP contribution < -0.4 is 0 Å². The number of halogens is 1. The van der Waals surface area contributed by atoms with Crippen molar-refractivity contribution in [3.05, 3.63) is 69.8 Å². The number of hydrogen-bond donors (Lipinski definition) is 1. The van der Waals surface area contributed by atoms with E-state index in [-0.39, 0.29) is 5.78 Å². The number of hydrogen-bond acceptors (Lipinski definition) is 1. The van der Waals surface area contributed by atoms with Gasteiger partial charge in [0.1, 0.15) is 0 Å². The van der Waals surface area contributed by atoms with Gasteiger partial charge in [-0.3, -0.25) is 4.79 Å². The largest absolute Gasteiger partial charge is 0.360 e. The fourth-order valence-corrected chi connectivity index (χ4v) is 2.57. The molecule has 0 amide bonds. The number of rotatable bonds is 2. The summed E-state index contributed by atoms with van der Waals surface area (Å²) in [5.41, 5.74) is 3.54. The molecule has 0 aliphatic carbocycles. The molecule has 2 aromatic carbocycles.